The largest absolute Gasteiger partial charge is 0.484 e. The third-order valence-electron chi connectivity index (χ3n) is 4.33. The lowest BCUT2D eigenvalue weighted by molar-refractivity contribution is -0.123. The second kappa shape index (κ2) is 9.07. The summed E-state index contributed by atoms with van der Waals surface area (Å²) in [7, 11) is -3.69. The Labute approximate surface area is 165 Å². The number of hydrogen-bond acceptors (Lipinski definition) is 5. The van der Waals surface area contributed by atoms with Gasteiger partial charge in [0.05, 0.1) is 11.0 Å². The van der Waals surface area contributed by atoms with Crippen molar-refractivity contribution in [1.82, 2.24) is 5.32 Å². The van der Waals surface area contributed by atoms with E-state index in [1.807, 2.05) is 13.0 Å². The van der Waals surface area contributed by atoms with Crippen LogP contribution in [0.5, 0.6) is 5.75 Å². The second-order valence-electron chi connectivity index (χ2n) is 6.67. The molecule has 0 spiro atoms. The van der Waals surface area contributed by atoms with Crippen LogP contribution in [0.25, 0.3) is 0 Å². The number of rotatable bonds is 8. The molecular formula is C20H24N2O5S. The van der Waals surface area contributed by atoms with Crippen LogP contribution in [-0.4, -0.2) is 40.2 Å². The number of benzene rings is 2. The molecule has 1 aliphatic heterocycles. The molecule has 0 aliphatic carbocycles. The maximum atomic E-state index is 12.5. The van der Waals surface area contributed by atoms with Crippen molar-refractivity contribution >= 4 is 21.6 Å². The van der Waals surface area contributed by atoms with E-state index in [-0.39, 0.29) is 23.5 Å². The van der Waals surface area contributed by atoms with Gasteiger partial charge in [0, 0.05) is 18.8 Å². The van der Waals surface area contributed by atoms with Crippen molar-refractivity contribution in [3.63, 3.8) is 0 Å². The van der Waals surface area contributed by atoms with Gasteiger partial charge < -0.3 is 14.8 Å². The Bertz CT molecular complexity index is 906. The van der Waals surface area contributed by atoms with Gasteiger partial charge in [-0.1, -0.05) is 12.1 Å². The van der Waals surface area contributed by atoms with Gasteiger partial charge in [0.1, 0.15) is 5.75 Å². The van der Waals surface area contributed by atoms with Crippen molar-refractivity contribution in [2.75, 3.05) is 24.5 Å². The van der Waals surface area contributed by atoms with Gasteiger partial charge in [-0.3, -0.25) is 9.52 Å². The van der Waals surface area contributed by atoms with Gasteiger partial charge in [0.15, 0.2) is 6.61 Å². The number of aryl methyl sites for hydroxylation is 1. The van der Waals surface area contributed by atoms with Crippen LogP contribution in [0.1, 0.15) is 18.4 Å². The van der Waals surface area contributed by atoms with Crippen molar-refractivity contribution in [2.45, 2.75) is 30.8 Å². The van der Waals surface area contributed by atoms with E-state index in [1.165, 1.54) is 24.3 Å². The summed E-state index contributed by atoms with van der Waals surface area (Å²) in [4.78, 5) is 11.9. The van der Waals surface area contributed by atoms with E-state index < -0.39 is 10.0 Å². The normalized spacial score (nSPS) is 16.5. The molecule has 0 aromatic heterocycles. The van der Waals surface area contributed by atoms with Crippen LogP contribution in [0.2, 0.25) is 0 Å². The fourth-order valence-electron chi connectivity index (χ4n) is 2.87. The maximum Gasteiger partial charge on any atom is 0.261 e. The van der Waals surface area contributed by atoms with Crippen LogP contribution >= 0.6 is 0 Å². The molecule has 8 heteroatoms. The van der Waals surface area contributed by atoms with Gasteiger partial charge in [-0.15, -0.1) is 0 Å². The Kier molecular flexibility index (Phi) is 6.53. The first-order valence-electron chi connectivity index (χ1n) is 9.13. The maximum absolute atomic E-state index is 12.5. The molecule has 150 valence electrons. The van der Waals surface area contributed by atoms with Gasteiger partial charge in [-0.05, 0) is 61.7 Å². The zero-order valence-corrected chi connectivity index (χ0v) is 16.5. The van der Waals surface area contributed by atoms with E-state index in [0.29, 0.717) is 18.0 Å². The Hall–Kier alpha value is -2.58. The lowest BCUT2D eigenvalue weighted by Gasteiger charge is -2.12. The zero-order chi connectivity index (χ0) is 20.0. The molecule has 1 fully saturated rings. The number of nitrogens with one attached hydrogen (secondary N) is 2. The summed E-state index contributed by atoms with van der Waals surface area (Å²) < 4.78 is 38.3. The smallest absolute Gasteiger partial charge is 0.261 e. The van der Waals surface area contributed by atoms with Crippen LogP contribution in [0.3, 0.4) is 0 Å². The van der Waals surface area contributed by atoms with E-state index in [4.69, 9.17) is 9.47 Å². The molecule has 2 aromatic carbocycles. The van der Waals surface area contributed by atoms with Crippen LogP contribution in [0, 0.1) is 6.92 Å². The predicted octanol–water partition coefficient (Wildman–Crippen LogP) is 2.47. The molecule has 0 radical (unpaired) electrons. The molecule has 2 N–H and O–H groups in total. The molecule has 1 amide bonds. The van der Waals surface area contributed by atoms with E-state index in [2.05, 4.69) is 10.0 Å². The van der Waals surface area contributed by atoms with Crippen molar-refractivity contribution in [1.29, 1.82) is 0 Å². The van der Waals surface area contributed by atoms with Gasteiger partial charge in [0.2, 0.25) is 0 Å². The molecule has 1 aliphatic rings. The van der Waals surface area contributed by atoms with Crippen LogP contribution < -0.4 is 14.8 Å². The molecule has 28 heavy (non-hydrogen) atoms. The highest BCUT2D eigenvalue weighted by Gasteiger charge is 2.17. The van der Waals surface area contributed by atoms with E-state index in [1.54, 1.807) is 18.2 Å². The third kappa shape index (κ3) is 5.71. The average Bonchev–Trinajstić information content (AvgIpc) is 3.18. The molecular weight excluding hydrogens is 380 g/mol. The van der Waals surface area contributed by atoms with Crippen molar-refractivity contribution in [3.8, 4) is 5.75 Å². The highest BCUT2D eigenvalue weighted by atomic mass is 32.2. The first-order valence-corrected chi connectivity index (χ1v) is 10.6. The molecule has 7 nitrogen and oxygen atoms in total. The number of anilines is 1. The molecule has 0 saturated carbocycles. The minimum absolute atomic E-state index is 0.0781. The Morgan fingerprint density at radius 2 is 2.00 bits per heavy atom. The van der Waals surface area contributed by atoms with Crippen LogP contribution in [-0.2, 0) is 19.6 Å². The standard InChI is InChI=1S/C20H24N2O5S/c1-15-4-2-5-16(12-15)22-28(24,25)19-9-7-17(8-10-19)27-14-20(23)21-13-18-6-3-11-26-18/h2,4-5,7-10,12,18,22H,3,6,11,13-14H2,1H3,(H,21,23)/t18-/m1/s1. The summed E-state index contributed by atoms with van der Waals surface area (Å²) in [6.45, 7) is 2.97. The predicted molar refractivity (Wildman–Crippen MR) is 106 cm³/mol. The number of ether oxygens (including phenoxy) is 2. The summed E-state index contributed by atoms with van der Waals surface area (Å²) in [5.74, 6) is 0.176. The number of carbonyl (C=O) groups excluding carboxylic acids is 1. The third-order valence-corrected chi connectivity index (χ3v) is 5.72. The summed E-state index contributed by atoms with van der Waals surface area (Å²) in [6, 6.07) is 13.1. The molecule has 1 heterocycles. The summed E-state index contributed by atoms with van der Waals surface area (Å²) in [5, 5.41) is 2.77. The Balaban J connectivity index is 1.51. The molecule has 1 atom stereocenters. The summed E-state index contributed by atoms with van der Waals surface area (Å²) >= 11 is 0. The lowest BCUT2D eigenvalue weighted by Crippen LogP contribution is -2.35. The SMILES string of the molecule is Cc1cccc(NS(=O)(=O)c2ccc(OCC(=O)NC[C@H]3CCCO3)cc2)c1. The Morgan fingerprint density at radius 3 is 2.68 bits per heavy atom. The summed E-state index contributed by atoms with van der Waals surface area (Å²) in [6.07, 6.45) is 2.05. The molecule has 3 rings (SSSR count). The minimum atomic E-state index is -3.69. The van der Waals surface area contributed by atoms with Crippen LogP contribution in [0.4, 0.5) is 5.69 Å². The molecule has 0 bridgehead atoms. The van der Waals surface area contributed by atoms with E-state index >= 15 is 0 Å². The van der Waals surface area contributed by atoms with Gasteiger partial charge in [0.25, 0.3) is 15.9 Å². The topological polar surface area (TPSA) is 93.7 Å². The number of hydrogen-bond donors (Lipinski definition) is 2. The minimum Gasteiger partial charge on any atom is -0.484 e. The molecule has 2 aromatic rings. The molecule has 0 unspecified atom stereocenters. The number of carbonyl (C=O) groups is 1. The van der Waals surface area contributed by atoms with Gasteiger partial charge >= 0.3 is 0 Å². The van der Waals surface area contributed by atoms with E-state index in [0.717, 1.165) is 25.0 Å². The average molecular weight is 404 g/mol. The monoisotopic (exact) mass is 404 g/mol. The highest BCUT2D eigenvalue weighted by molar-refractivity contribution is 7.92. The quantitative estimate of drug-likeness (QED) is 0.705. The first-order chi connectivity index (χ1) is 13.4. The number of amides is 1. The van der Waals surface area contributed by atoms with Crippen LogP contribution in [0.15, 0.2) is 53.4 Å². The summed E-state index contributed by atoms with van der Waals surface area (Å²) in [5.41, 5.74) is 1.46. The lowest BCUT2D eigenvalue weighted by atomic mass is 10.2. The molecule has 1 saturated heterocycles. The fraction of sp³-hybridized carbons (Fsp3) is 0.350. The van der Waals surface area contributed by atoms with E-state index in [9.17, 15) is 13.2 Å². The number of sulfonamides is 1. The van der Waals surface area contributed by atoms with Gasteiger partial charge in [-0.2, -0.15) is 0 Å². The second-order valence-corrected chi connectivity index (χ2v) is 8.36. The van der Waals surface area contributed by atoms with Crippen molar-refractivity contribution in [3.05, 3.63) is 54.1 Å². The zero-order valence-electron chi connectivity index (χ0n) is 15.7. The van der Waals surface area contributed by atoms with Crippen molar-refractivity contribution in [2.24, 2.45) is 0 Å². The fourth-order valence-corrected chi connectivity index (χ4v) is 3.92. The first kappa shape index (κ1) is 20.2. The highest BCUT2D eigenvalue weighted by Crippen LogP contribution is 2.20. The van der Waals surface area contributed by atoms with Crippen molar-refractivity contribution < 1.29 is 22.7 Å². The Morgan fingerprint density at radius 1 is 1.21 bits per heavy atom. The van der Waals surface area contributed by atoms with Gasteiger partial charge in [-0.25, -0.2) is 8.42 Å².